The molecule has 0 aliphatic heterocycles. The summed E-state index contributed by atoms with van der Waals surface area (Å²) < 4.78 is 0. The van der Waals surface area contributed by atoms with E-state index in [1.165, 1.54) is 11.3 Å². The molecule has 0 amide bonds. The third kappa shape index (κ3) is 3.16. The fraction of sp³-hybridized carbons (Fsp3) is 0.111. The molecule has 0 aliphatic rings. The number of aryl methyl sites for hydroxylation is 1. The average molecular weight is 335 g/mol. The summed E-state index contributed by atoms with van der Waals surface area (Å²) in [6, 6.07) is 13.4. The van der Waals surface area contributed by atoms with Crippen LogP contribution in [0.4, 0.5) is 22.2 Å². The summed E-state index contributed by atoms with van der Waals surface area (Å²) in [5.74, 6) is 0. The summed E-state index contributed by atoms with van der Waals surface area (Å²) in [4.78, 5) is 4.61. The highest BCUT2D eigenvalue weighted by molar-refractivity contribution is 7.14. The number of nitrogens with one attached hydrogen (secondary N) is 2. The fourth-order valence-electron chi connectivity index (χ4n) is 2.37. The van der Waals surface area contributed by atoms with Crippen molar-refractivity contribution in [3.8, 4) is 17.3 Å². The van der Waals surface area contributed by atoms with Gasteiger partial charge in [0.25, 0.3) is 0 Å². The van der Waals surface area contributed by atoms with E-state index in [0.717, 1.165) is 33.3 Å². The molecule has 2 aromatic carbocycles. The van der Waals surface area contributed by atoms with Crippen LogP contribution in [0.1, 0.15) is 11.1 Å². The summed E-state index contributed by atoms with van der Waals surface area (Å²) in [5.41, 5.74) is 12.2. The molecule has 1 heterocycles. The predicted molar refractivity (Wildman–Crippen MR) is 101 cm³/mol. The van der Waals surface area contributed by atoms with Crippen molar-refractivity contribution in [2.24, 2.45) is 0 Å². The van der Waals surface area contributed by atoms with Gasteiger partial charge in [0.1, 0.15) is 0 Å². The quantitative estimate of drug-likeness (QED) is 0.617. The maximum Gasteiger partial charge on any atom is 0.187 e. The minimum absolute atomic E-state index is 0.642. The normalized spacial score (nSPS) is 10.2. The second-order valence-corrected chi connectivity index (χ2v) is 6.21. The first kappa shape index (κ1) is 15.8. The van der Waals surface area contributed by atoms with E-state index >= 15 is 0 Å². The highest BCUT2D eigenvalue weighted by Gasteiger charge is 2.08. The number of aromatic nitrogens is 1. The van der Waals surface area contributed by atoms with Gasteiger partial charge >= 0.3 is 0 Å². The van der Waals surface area contributed by atoms with Crippen molar-refractivity contribution in [2.75, 3.05) is 23.4 Å². The first-order valence-corrected chi connectivity index (χ1v) is 8.29. The minimum atomic E-state index is 0.642. The number of thiazole rings is 1. The molecule has 3 aromatic rings. The van der Waals surface area contributed by atoms with Crippen LogP contribution in [0.2, 0.25) is 0 Å². The standard InChI is InChI=1S/C18H17N5S/c1-11-7-16(21-2)14(20)8-15(11)22-18-23-17(10-24-18)13-5-3-12(9-19)4-6-13/h3-8,10,21H,20H2,1-2H3,(H,22,23). The van der Waals surface area contributed by atoms with Gasteiger partial charge in [-0.2, -0.15) is 5.26 Å². The lowest BCUT2D eigenvalue weighted by Gasteiger charge is -2.12. The first-order chi connectivity index (χ1) is 11.6. The van der Waals surface area contributed by atoms with Crippen molar-refractivity contribution < 1.29 is 0 Å². The van der Waals surface area contributed by atoms with Crippen molar-refractivity contribution in [3.05, 3.63) is 52.9 Å². The first-order valence-electron chi connectivity index (χ1n) is 7.41. The molecular formula is C18H17N5S. The minimum Gasteiger partial charge on any atom is -0.397 e. The van der Waals surface area contributed by atoms with Crippen molar-refractivity contribution in [2.45, 2.75) is 6.92 Å². The van der Waals surface area contributed by atoms with E-state index in [9.17, 15) is 0 Å². The Labute approximate surface area is 144 Å². The zero-order chi connectivity index (χ0) is 17.1. The van der Waals surface area contributed by atoms with Crippen LogP contribution >= 0.6 is 11.3 Å². The Hall–Kier alpha value is -3.04. The Morgan fingerprint density at radius 1 is 1.17 bits per heavy atom. The zero-order valence-electron chi connectivity index (χ0n) is 13.4. The van der Waals surface area contributed by atoms with E-state index in [1.54, 1.807) is 12.1 Å². The van der Waals surface area contributed by atoms with Crippen molar-refractivity contribution in [1.82, 2.24) is 4.98 Å². The molecule has 0 spiro atoms. The molecule has 5 nitrogen and oxygen atoms in total. The van der Waals surface area contributed by atoms with Crippen LogP contribution < -0.4 is 16.4 Å². The second-order valence-electron chi connectivity index (χ2n) is 5.36. The van der Waals surface area contributed by atoms with Crippen LogP contribution in [0.15, 0.2) is 41.8 Å². The Morgan fingerprint density at radius 2 is 1.92 bits per heavy atom. The molecule has 1 aromatic heterocycles. The number of hydrogen-bond acceptors (Lipinski definition) is 6. The van der Waals surface area contributed by atoms with E-state index in [4.69, 9.17) is 11.0 Å². The fourth-order valence-corrected chi connectivity index (χ4v) is 3.10. The van der Waals surface area contributed by atoms with Crippen LogP contribution in [0.3, 0.4) is 0 Å². The van der Waals surface area contributed by atoms with Crippen molar-refractivity contribution >= 4 is 33.5 Å². The number of nitrogen functional groups attached to an aromatic ring is 1. The van der Waals surface area contributed by atoms with Crippen LogP contribution in [-0.4, -0.2) is 12.0 Å². The van der Waals surface area contributed by atoms with Gasteiger partial charge in [-0.15, -0.1) is 11.3 Å². The number of nitrogens with two attached hydrogens (primary N) is 1. The molecule has 0 unspecified atom stereocenters. The maximum atomic E-state index is 8.86. The maximum absolute atomic E-state index is 8.86. The zero-order valence-corrected chi connectivity index (χ0v) is 14.2. The number of benzene rings is 2. The highest BCUT2D eigenvalue weighted by Crippen LogP contribution is 2.31. The summed E-state index contributed by atoms with van der Waals surface area (Å²) in [6.45, 7) is 2.03. The van der Waals surface area contributed by atoms with E-state index in [0.29, 0.717) is 11.3 Å². The lowest BCUT2D eigenvalue weighted by atomic mass is 10.1. The molecule has 24 heavy (non-hydrogen) atoms. The number of anilines is 4. The van der Waals surface area contributed by atoms with Crippen LogP contribution in [0.5, 0.6) is 0 Å². The Morgan fingerprint density at radius 3 is 2.58 bits per heavy atom. The second kappa shape index (κ2) is 6.60. The molecule has 4 N–H and O–H groups in total. The van der Waals surface area contributed by atoms with E-state index in [2.05, 4.69) is 21.7 Å². The number of nitrogens with zero attached hydrogens (tertiary/aromatic N) is 2. The summed E-state index contributed by atoms with van der Waals surface area (Å²) >= 11 is 1.53. The lowest BCUT2D eigenvalue weighted by Crippen LogP contribution is -2.00. The largest absolute Gasteiger partial charge is 0.397 e. The molecule has 0 fully saturated rings. The molecule has 120 valence electrons. The van der Waals surface area contributed by atoms with E-state index in [-0.39, 0.29) is 0 Å². The molecule has 0 bridgehead atoms. The number of rotatable bonds is 4. The molecule has 0 saturated heterocycles. The van der Waals surface area contributed by atoms with Gasteiger partial charge in [0.05, 0.1) is 28.7 Å². The van der Waals surface area contributed by atoms with Gasteiger partial charge in [0.15, 0.2) is 5.13 Å². The van der Waals surface area contributed by atoms with E-state index in [1.807, 2.05) is 43.6 Å². The average Bonchev–Trinajstić information content (AvgIpc) is 3.06. The lowest BCUT2D eigenvalue weighted by molar-refractivity contribution is 1.35. The third-order valence-corrected chi connectivity index (χ3v) is 4.48. The highest BCUT2D eigenvalue weighted by atomic mass is 32.1. The predicted octanol–water partition coefficient (Wildman–Crippen LogP) is 4.36. The smallest absolute Gasteiger partial charge is 0.187 e. The molecule has 0 radical (unpaired) electrons. The summed E-state index contributed by atoms with van der Waals surface area (Å²) in [5, 5.41) is 18.1. The Kier molecular flexibility index (Phi) is 4.36. The van der Waals surface area contributed by atoms with Crippen LogP contribution in [-0.2, 0) is 0 Å². The van der Waals surface area contributed by atoms with Crippen LogP contribution in [0.25, 0.3) is 11.3 Å². The van der Waals surface area contributed by atoms with E-state index < -0.39 is 0 Å². The molecule has 0 aliphatic carbocycles. The van der Waals surface area contributed by atoms with Crippen molar-refractivity contribution in [1.29, 1.82) is 5.26 Å². The number of hydrogen-bond donors (Lipinski definition) is 3. The molecular weight excluding hydrogens is 318 g/mol. The third-order valence-electron chi connectivity index (χ3n) is 3.72. The molecule has 3 rings (SSSR count). The van der Waals surface area contributed by atoms with Gasteiger partial charge in [-0.1, -0.05) is 12.1 Å². The number of nitriles is 1. The van der Waals surface area contributed by atoms with Gasteiger partial charge in [-0.3, -0.25) is 0 Å². The van der Waals surface area contributed by atoms with Gasteiger partial charge in [0.2, 0.25) is 0 Å². The summed E-state index contributed by atoms with van der Waals surface area (Å²) in [7, 11) is 1.85. The Bertz CT molecular complexity index is 906. The van der Waals surface area contributed by atoms with Crippen molar-refractivity contribution in [3.63, 3.8) is 0 Å². The SMILES string of the molecule is CNc1cc(C)c(Nc2nc(-c3ccc(C#N)cc3)cs2)cc1N. The van der Waals surface area contributed by atoms with Gasteiger partial charge in [0, 0.05) is 23.7 Å². The monoisotopic (exact) mass is 335 g/mol. The van der Waals surface area contributed by atoms with Gasteiger partial charge in [-0.25, -0.2) is 4.98 Å². The van der Waals surface area contributed by atoms with Gasteiger partial charge < -0.3 is 16.4 Å². The van der Waals surface area contributed by atoms with Crippen LogP contribution in [0, 0.1) is 18.3 Å². The topological polar surface area (TPSA) is 86.8 Å². The molecule has 0 atom stereocenters. The molecule has 0 saturated carbocycles. The Balaban J connectivity index is 1.84. The van der Waals surface area contributed by atoms with Gasteiger partial charge in [-0.05, 0) is 36.8 Å². The summed E-state index contributed by atoms with van der Waals surface area (Å²) in [6.07, 6.45) is 0. The molecule has 6 heteroatoms.